The lowest BCUT2D eigenvalue weighted by atomic mass is 10.1. The lowest BCUT2D eigenvalue weighted by Crippen LogP contribution is -2.09. The van der Waals surface area contributed by atoms with Gasteiger partial charge < -0.3 is 10.1 Å². The number of hydrogen-bond donors (Lipinski definition) is 2. The number of rotatable bonds is 2. The van der Waals surface area contributed by atoms with Crippen LogP contribution in [0.25, 0.3) is 22.7 Å². The largest absolute Gasteiger partial charge is 0.494 e. The lowest BCUT2D eigenvalue weighted by molar-refractivity contribution is 0.457. The minimum atomic E-state index is 0.108. The molecule has 0 bridgehead atoms. The predicted molar refractivity (Wildman–Crippen MR) is 105 cm³/mol. The summed E-state index contributed by atoms with van der Waals surface area (Å²) in [5.74, 6) is 0.108. The Hall–Kier alpha value is -3.44. The molecule has 2 aromatic carbocycles. The first-order chi connectivity index (χ1) is 13.2. The third-order valence-electron chi connectivity index (χ3n) is 4.56. The highest BCUT2D eigenvalue weighted by atomic mass is 35.5. The van der Waals surface area contributed by atoms with Crippen LogP contribution in [-0.2, 0) is 0 Å². The number of H-pyrrole nitrogens is 1. The van der Waals surface area contributed by atoms with Crippen LogP contribution in [-0.4, -0.2) is 15.1 Å². The Morgan fingerprint density at radius 3 is 2.81 bits per heavy atom. The molecular weight excluding hydrogens is 360 g/mol. The molecule has 130 valence electrons. The number of aromatic hydroxyl groups is 1. The molecule has 0 unspecified atom stereocenters. The molecule has 1 aliphatic heterocycles. The van der Waals surface area contributed by atoms with E-state index in [1.807, 2.05) is 48.5 Å². The molecule has 0 saturated carbocycles. The summed E-state index contributed by atoms with van der Waals surface area (Å²) in [6.07, 6.45) is 5.41. The van der Waals surface area contributed by atoms with Gasteiger partial charge in [0.2, 0.25) is 0 Å². The maximum absolute atomic E-state index is 10.3. The number of nitrogens with one attached hydrogen (secondary N) is 1. The summed E-state index contributed by atoms with van der Waals surface area (Å²) < 4.78 is 0. The monoisotopic (exact) mass is 372 g/mol. The molecule has 0 saturated heterocycles. The van der Waals surface area contributed by atoms with Crippen LogP contribution in [0.5, 0.6) is 5.88 Å². The summed E-state index contributed by atoms with van der Waals surface area (Å²) in [6.45, 7) is 0. The molecule has 0 radical (unpaired) electrons. The maximum atomic E-state index is 10.3. The molecule has 0 atom stereocenters. The third kappa shape index (κ3) is 2.69. The van der Waals surface area contributed by atoms with Crippen LogP contribution in [0.1, 0.15) is 11.1 Å². The van der Waals surface area contributed by atoms with Gasteiger partial charge in [-0.3, -0.25) is 4.98 Å². The van der Waals surface area contributed by atoms with Gasteiger partial charge in [-0.2, -0.15) is 0 Å². The van der Waals surface area contributed by atoms with E-state index < -0.39 is 0 Å². The Kier molecular flexibility index (Phi) is 3.55. The van der Waals surface area contributed by atoms with Gasteiger partial charge >= 0.3 is 0 Å². The second-order valence-electron chi connectivity index (χ2n) is 6.29. The molecule has 2 aromatic heterocycles. The van der Waals surface area contributed by atoms with Gasteiger partial charge in [0.15, 0.2) is 5.88 Å². The van der Waals surface area contributed by atoms with E-state index in [4.69, 9.17) is 11.6 Å². The predicted octanol–water partition coefficient (Wildman–Crippen LogP) is 4.00. The minimum absolute atomic E-state index is 0.108. The first-order valence-electron chi connectivity index (χ1n) is 8.37. The second kappa shape index (κ2) is 6.07. The molecule has 6 heteroatoms. The molecule has 27 heavy (non-hydrogen) atoms. The number of aromatic nitrogens is 2. The van der Waals surface area contributed by atoms with Crippen molar-refractivity contribution in [2.75, 3.05) is 0 Å². The summed E-state index contributed by atoms with van der Waals surface area (Å²) in [7, 11) is 0. The van der Waals surface area contributed by atoms with Gasteiger partial charge in [-0.15, -0.1) is 10.2 Å². The molecule has 5 rings (SSSR count). The number of halogens is 1. The van der Waals surface area contributed by atoms with Gasteiger partial charge in [0.1, 0.15) is 5.70 Å². The van der Waals surface area contributed by atoms with E-state index in [9.17, 15) is 5.11 Å². The van der Waals surface area contributed by atoms with Crippen LogP contribution in [0.4, 0.5) is 5.69 Å². The van der Waals surface area contributed by atoms with E-state index in [1.165, 1.54) is 0 Å². The maximum Gasteiger partial charge on any atom is 0.196 e. The van der Waals surface area contributed by atoms with Crippen molar-refractivity contribution in [3.05, 3.63) is 87.5 Å². The zero-order valence-electron chi connectivity index (χ0n) is 14.0. The average molecular weight is 373 g/mol. The Morgan fingerprint density at radius 2 is 1.96 bits per heavy atom. The van der Waals surface area contributed by atoms with Crippen molar-refractivity contribution in [2.45, 2.75) is 0 Å². The van der Waals surface area contributed by atoms with Gasteiger partial charge in [0, 0.05) is 44.7 Å². The standard InChI is InChI=1S/C21H13ClN4O/c22-14-4-6-18-16(10-14)17(21(27)24-18)8-12-3-5-15-19(9-12)25-26-20(15)13-2-1-7-23-11-13/h1-11,24,27H. The van der Waals surface area contributed by atoms with Crippen molar-refractivity contribution in [3.8, 4) is 5.88 Å². The summed E-state index contributed by atoms with van der Waals surface area (Å²) in [4.78, 5) is 7.11. The summed E-state index contributed by atoms with van der Waals surface area (Å²) in [5.41, 5.74) is 4.06. The van der Waals surface area contributed by atoms with E-state index in [0.717, 1.165) is 38.3 Å². The smallest absolute Gasteiger partial charge is 0.196 e. The normalized spacial score (nSPS) is 13.5. The molecule has 5 nitrogen and oxygen atoms in total. The third-order valence-corrected chi connectivity index (χ3v) is 4.80. The van der Waals surface area contributed by atoms with Gasteiger partial charge in [0.25, 0.3) is 0 Å². The van der Waals surface area contributed by atoms with Crippen molar-refractivity contribution >= 4 is 40.0 Å². The Bertz CT molecular complexity index is 1340. The number of nitrogens with zero attached hydrogens (tertiary/aromatic N) is 3. The quantitative estimate of drug-likeness (QED) is 0.558. The minimum Gasteiger partial charge on any atom is -0.494 e. The summed E-state index contributed by atoms with van der Waals surface area (Å²) in [6, 6.07) is 15.2. The fraction of sp³-hybridized carbons (Fsp3) is 0. The Labute approximate surface area is 159 Å². The molecule has 0 fully saturated rings. The van der Waals surface area contributed by atoms with Crippen LogP contribution in [0, 0.1) is 0 Å². The highest BCUT2D eigenvalue weighted by Gasteiger charge is 2.12. The number of aromatic amines is 1. The van der Waals surface area contributed by atoms with E-state index in [-0.39, 0.29) is 5.88 Å². The zero-order valence-corrected chi connectivity index (χ0v) is 14.8. The first-order valence-corrected chi connectivity index (χ1v) is 8.75. The summed E-state index contributed by atoms with van der Waals surface area (Å²) in [5, 5.41) is 22.3. The van der Waals surface area contributed by atoms with E-state index in [0.29, 0.717) is 10.6 Å². The highest BCUT2D eigenvalue weighted by Crippen LogP contribution is 2.30. The fourth-order valence-electron chi connectivity index (χ4n) is 3.28. The Morgan fingerprint density at radius 1 is 1.04 bits per heavy atom. The van der Waals surface area contributed by atoms with Crippen LogP contribution >= 0.6 is 11.6 Å². The van der Waals surface area contributed by atoms with Crippen molar-refractivity contribution in [1.82, 2.24) is 9.97 Å². The molecule has 1 aliphatic rings. The van der Waals surface area contributed by atoms with Crippen LogP contribution in [0.3, 0.4) is 0 Å². The SMILES string of the molecule is Oc1[nH]c2ccc(Cl)cc2c1C=c1ccc2c(c1)N=NC=2c1cccnc1. The molecule has 3 heterocycles. The highest BCUT2D eigenvalue weighted by molar-refractivity contribution is 6.31. The van der Waals surface area contributed by atoms with Gasteiger partial charge in [-0.05, 0) is 53.8 Å². The number of hydrogen-bond acceptors (Lipinski definition) is 4. The Balaban J connectivity index is 1.68. The second-order valence-corrected chi connectivity index (χ2v) is 6.72. The molecule has 0 spiro atoms. The van der Waals surface area contributed by atoms with Crippen molar-refractivity contribution in [1.29, 1.82) is 0 Å². The molecule has 0 amide bonds. The van der Waals surface area contributed by atoms with E-state index >= 15 is 0 Å². The van der Waals surface area contributed by atoms with Gasteiger partial charge in [0.05, 0.1) is 5.69 Å². The van der Waals surface area contributed by atoms with Gasteiger partial charge in [-0.25, -0.2) is 0 Å². The summed E-state index contributed by atoms with van der Waals surface area (Å²) >= 11 is 6.11. The van der Waals surface area contributed by atoms with Crippen LogP contribution in [0.2, 0.25) is 5.02 Å². The average Bonchev–Trinajstić information content (AvgIpc) is 3.24. The number of azo groups is 1. The first kappa shape index (κ1) is 15.8. The zero-order chi connectivity index (χ0) is 18.4. The molecule has 0 aliphatic carbocycles. The van der Waals surface area contributed by atoms with E-state index in [1.54, 1.807) is 18.5 Å². The lowest BCUT2D eigenvalue weighted by Gasteiger charge is -1.97. The molecule has 4 aromatic rings. The number of benzene rings is 2. The fourth-order valence-corrected chi connectivity index (χ4v) is 3.45. The topological polar surface area (TPSA) is 73.6 Å². The van der Waals surface area contributed by atoms with Gasteiger partial charge in [-0.1, -0.05) is 17.7 Å². The van der Waals surface area contributed by atoms with Crippen LogP contribution < -0.4 is 10.4 Å². The number of fused-ring (bicyclic) bond motifs is 2. The number of pyridine rings is 1. The van der Waals surface area contributed by atoms with Crippen molar-refractivity contribution < 1.29 is 5.11 Å². The van der Waals surface area contributed by atoms with Crippen molar-refractivity contribution in [2.24, 2.45) is 10.2 Å². The molecular formula is C21H13ClN4O. The van der Waals surface area contributed by atoms with Crippen molar-refractivity contribution in [3.63, 3.8) is 0 Å². The van der Waals surface area contributed by atoms with E-state index in [2.05, 4.69) is 20.2 Å². The van der Waals surface area contributed by atoms with Crippen LogP contribution in [0.15, 0.2) is 71.2 Å². The molecule has 2 N–H and O–H groups in total.